The first kappa shape index (κ1) is 16.7. The number of carbonyl (C=O) groups excluding carboxylic acids is 1. The van der Waals surface area contributed by atoms with Crippen LogP contribution in [0.25, 0.3) is 0 Å². The van der Waals surface area contributed by atoms with E-state index in [9.17, 15) is 14.7 Å². The number of hydrogen-bond acceptors (Lipinski definition) is 2. The number of carboxylic acid groups (broad SMARTS) is 1. The average Bonchev–Trinajstić information content (AvgIpc) is 2.27. The molecule has 0 radical (unpaired) electrons. The van der Waals surface area contributed by atoms with Gasteiger partial charge >= 0.3 is 5.97 Å². The predicted molar refractivity (Wildman–Crippen MR) is 72.3 cm³/mol. The number of hydrogen-bond donors (Lipinski definition) is 1. The van der Waals surface area contributed by atoms with Gasteiger partial charge < -0.3 is 10.0 Å². The molecule has 0 aromatic heterocycles. The molecular weight excluding hydrogens is 230 g/mol. The van der Waals surface area contributed by atoms with Crippen LogP contribution in [0.15, 0.2) is 12.7 Å². The lowest BCUT2D eigenvalue weighted by Gasteiger charge is -2.31. The zero-order valence-electron chi connectivity index (χ0n) is 11.9. The van der Waals surface area contributed by atoms with E-state index in [-0.39, 0.29) is 18.2 Å². The second-order valence-corrected chi connectivity index (χ2v) is 5.18. The highest BCUT2D eigenvalue weighted by molar-refractivity contribution is 5.85. The maximum absolute atomic E-state index is 12.2. The van der Waals surface area contributed by atoms with Crippen molar-refractivity contribution in [3.05, 3.63) is 12.7 Å². The summed E-state index contributed by atoms with van der Waals surface area (Å²) in [7, 11) is 0. The maximum Gasteiger partial charge on any atom is 0.310 e. The van der Waals surface area contributed by atoms with Crippen molar-refractivity contribution in [2.24, 2.45) is 11.3 Å². The Morgan fingerprint density at radius 1 is 1.44 bits per heavy atom. The molecule has 0 rings (SSSR count). The number of amides is 1. The lowest BCUT2D eigenvalue weighted by atomic mass is 9.76. The molecule has 0 fully saturated rings. The van der Waals surface area contributed by atoms with Crippen molar-refractivity contribution in [1.29, 1.82) is 0 Å². The minimum Gasteiger partial charge on any atom is -0.481 e. The predicted octanol–water partition coefficient (Wildman–Crippen LogP) is 2.55. The Hall–Kier alpha value is -1.32. The fourth-order valence-corrected chi connectivity index (χ4v) is 1.70. The SMILES string of the molecule is C=CCN(CCC)C(=O)CC(C)(C(=O)O)C(C)C. The third kappa shape index (κ3) is 4.17. The summed E-state index contributed by atoms with van der Waals surface area (Å²) >= 11 is 0. The Kier molecular flexibility index (Phi) is 6.66. The van der Waals surface area contributed by atoms with Crippen LogP contribution in [0.3, 0.4) is 0 Å². The van der Waals surface area contributed by atoms with E-state index in [1.54, 1.807) is 17.9 Å². The van der Waals surface area contributed by atoms with Crippen molar-refractivity contribution in [1.82, 2.24) is 4.90 Å². The molecule has 0 aromatic rings. The van der Waals surface area contributed by atoms with Crippen molar-refractivity contribution in [2.45, 2.75) is 40.5 Å². The zero-order chi connectivity index (χ0) is 14.3. The summed E-state index contributed by atoms with van der Waals surface area (Å²) in [6.45, 7) is 12.0. The highest BCUT2D eigenvalue weighted by Crippen LogP contribution is 2.32. The van der Waals surface area contributed by atoms with Gasteiger partial charge in [0.2, 0.25) is 5.91 Å². The molecule has 0 aliphatic rings. The summed E-state index contributed by atoms with van der Waals surface area (Å²) in [6, 6.07) is 0. The molecule has 104 valence electrons. The Labute approximate surface area is 110 Å². The van der Waals surface area contributed by atoms with E-state index in [4.69, 9.17) is 0 Å². The van der Waals surface area contributed by atoms with Crippen LogP contribution >= 0.6 is 0 Å². The van der Waals surface area contributed by atoms with Crippen LogP contribution in [0.2, 0.25) is 0 Å². The van der Waals surface area contributed by atoms with Crippen LogP contribution in [0.1, 0.15) is 40.5 Å². The molecule has 4 heteroatoms. The molecular formula is C14H25NO3. The topological polar surface area (TPSA) is 57.6 Å². The van der Waals surface area contributed by atoms with Gasteiger partial charge in [-0.1, -0.05) is 26.8 Å². The smallest absolute Gasteiger partial charge is 0.310 e. The lowest BCUT2D eigenvalue weighted by Crippen LogP contribution is -2.41. The van der Waals surface area contributed by atoms with Gasteiger partial charge in [-0.25, -0.2) is 0 Å². The Morgan fingerprint density at radius 2 is 2.00 bits per heavy atom. The zero-order valence-corrected chi connectivity index (χ0v) is 11.9. The van der Waals surface area contributed by atoms with Gasteiger partial charge in [-0.2, -0.15) is 0 Å². The highest BCUT2D eigenvalue weighted by Gasteiger charge is 2.39. The fourth-order valence-electron chi connectivity index (χ4n) is 1.70. The van der Waals surface area contributed by atoms with E-state index < -0.39 is 11.4 Å². The van der Waals surface area contributed by atoms with E-state index >= 15 is 0 Å². The highest BCUT2D eigenvalue weighted by atomic mass is 16.4. The van der Waals surface area contributed by atoms with Gasteiger partial charge in [0.25, 0.3) is 0 Å². The van der Waals surface area contributed by atoms with Gasteiger partial charge in [0.15, 0.2) is 0 Å². The second-order valence-electron chi connectivity index (χ2n) is 5.18. The summed E-state index contributed by atoms with van der Waals surface area (Å²) in [5.74, 6) is -1.12. The second kappa shape index (κ2) is 7.19. The summed E-state index contributed by atoms with van der Waals surface area (Å²) in [5, 5.41) is 9.30. The molecule has 0 saturated carbocycles. The number of nitrogens with zero attached hydrogens (tertiary/aromatic N) is 1. The molecule has 1 amide bonds. The Morgan fingerprint density at radius 3 is 2.33 bits per heavy atom. The molecule has 0 aliphatic carbocycles. The first-order chi connectivity index (χ1) is 8.29. The summed E-state index contributed by atoms with van der Waals surface area (Å²) < 4.78 is 0. The van der Waals surface area contributed by atoms with Gasteiger partial charge in [-0.15, -0.1) is 6.58 Å². The van der Waals surface area contributed by atoms with Crippen molar-refractivity contribution in [2.75, 3.05) is 13.1 Å². The molecule has 0 saturated heterocycles. The molecule has 1 atom stereocenters. The van der Waals surface area contributed by atoms with Crippen molar-refractivity contribution >= 4 is 11.9 Å². The van der Waals surface area contributed by atoms with Crippen molar-refractivity contribution < 1.29 is 14.7 Å². The average molecular weight is 255 g/mol. The molecule has 1 N–H and O–H groups in total. The maximum atomic E-state index is 12.2. The van der Waals surface area contributed by atoms with Gasteiger partial charge in [-0.05, 0) is 19.3 Å². The number of aliphatic carboxylic acids is 1. The number of carbonyl (C=O) groups is 2. The third-order valence-electron chi connectivity index (χ3n) is 3.48. The van der Waals surface area contributed by atoms with Gasteiger partial charge in [0.05, 0.1) is 5.41 Å². The van der Waals surface area contributed by atoms with Crippen LogP contribution in [-0.4, -0.2) is 35.0 Å². The summed E-state index contributed by atoms with van der Waals surface area (Å²) in [5.41, 5.74) is -1.01. The standard InChI is InChI=1S/C14H25NO3/c1-6-8-15(9-7-2)12(16)10-14(5,11(3)4)13(17)18/h6,11H,1,7-10H2,2-5H3,(H,17,18). The van der Waals surface area contributed by atoms with Crippen LogP contribution in [-0.2, 0) is 9.59 Å². The van der Waals surface area contributed by atoms with Gasteiger partial charge in [0.1, 0.15) is 0 Å². The van der Waals surface area contributed by atoms with E-state index in [0.717, 1.165) is 6.42 Å². The monoisotopic (exact) mass is 255 g/mol. The molecule has 1 unspecified atom stereocenters. The van der Waals surface area contributed by atoms with Crippen LogP contribution < -0.4 is 0 Å². The molecule has 18 heavy (non-hydrogen) atoms. The van der Waals surface area contributed by atoms with E-state index in [2.05, 4.69) is 6.58 Å². The van der Waals surface area contributed by atoms with Crippen LogP contribution in [0.4, 0.5) is 0 Å². The molecule has 4 nitrogen and oxygen atoms in total. The lowest BCUT2D eigenvalue weighted by molar-refractivity contribution is -0.155. The van der Waals surface area contributed by atoms with Gasteiger partial charge in [0, 0.05) is 19.5 Å². The van der Waals surface area contributed by atoms with Crippen LogP contribution in [0, 0.1) is 11.3 Å². The first-order valence-electron chi connectivity index (χ1n) is 6.41. The largest absolute Gasteiger partial charge is 0.481 e. The Bertz CT molecular complexity index is 312. The fraction of sp³-hybridized carbons (Fsp3) is 0.714. The quantitative estimate of drug-likeness (QED) is 0.678. The third-order valence-corrected chi connectivity index (χ3v) is 3.48. The first-order valence-corrected chi connectivity index (χ1v) is 6.41. The van der Waals surface area contributed by atoms with Crippen molar-refractivity contribution in [3.63, 3.8) is 0 Å². The van der Waals surface area contributed by atoms with E-state index in [0.29, 0.717) is 13.1 Å². The normalized spacial score (nSPS) is 14.1. The van der Waals surface area contributed by atoms with E-state index in [1.807, 2.05) is 20.8 Å². The van der Waals surface area contributed by atoms with Crippen LogP contribution in [0.5, 0.6) is 0 Å². The van der Waals surface area contributed by atoms with Crippen molar-refractivity contribution in [3.8, 4) is 0 Å². The minimum absolute atomic E-state index is 0.0356. The summed E-state index contributed by atoms with van der Waals surface area (Å²) in [6.07, 6.45) is 2.56. The number of carboxylic acids is 1. The molecule has 0 aliphatic heterocycles. The molecule has 0 bridgehead atoms. The Balaban J connectivity index is 4.87. The number of rotatable bonds is 8. The van der Waals surface area contributed by atoms with Gasteiger partial charge in [-0.3, -0.25) is 9.59 Å². The van der Waals surface area contributed by atoms with E-state index in [1.165, 1.54) is 0 Å². The molecule has 0 aromatic carbocycles. The molecule has 0 spiro atoms. The minimum atomic E-state index is -1.01. The molecule has 0 heterocycles. The summed E-state index contributed by atoms with van der Waals surface area (Å²) in [4.78, 5) is 25.2.